The first-order chi connectivity index (χ1) is 16.5. The van der Waals surface area contributed by atoms with E-state index in [1.165, 1.54) is 36.3 Å². The van der Waals surface area contributed by atoms with E-state index in [4.69, 9.17) is 5.26 Å². The molecule has 2 amide bonds. The minimum Gasteiger partial charge on any atom is -0.453 e. The van der Waals surface area contributed by atoms with Gasteiger partial charge in [0.05, 0.1) is 37.1 Å². The zero-order valence-electron chi connectivity index (χ0n) is 18.1. The standard InChI is InChI=1S/C24H19FN6O3/c1-34-24(33)29-21-9-3-16(13-27-21)20-14-28-22-10-4-17(15-31(20)22)23(32)30(12-2-11-26)19-7-5-18(25)6-8-19/h3-10,13-15H,2,12H2,1H3,(H,27,29,33). The number of carbonyl (C=O) groups excluding carboxylic acids is 2. The van der Waals surface area contributed by atoms with Crippen molar-refractivity contribution in [3.63, 3.8) is 0 Å². The monoisotopic (exact) mass is 458 g/mol. The summed E-state index contributed by atoms with van der Waals surface area (Å²) in [6.07, 6.45) is 4.38. The number of rotatable bonds is 6. The van der Waals surface area contributed by atoms with Crippen molar-refractivity contribution in [2.75, 3.05) is 23.9 Å². The lowest BCUT2D eigenvalue weighted by molar-refractivity contribution is 0.0987. The molecule has 10 heteroatoms. The molecule has 0 radical (unpaired) electrons. The number of halogens is 1. The van der Waals surface area contributed by atoms with Gasteiger partial charge < -0.3 is 9.64 Å². The number of nitrogens with zero attached hydrogens (tertiary/aromatic N) is 5. The van der Waals surface area contributed by atoms with Gasteiger partial charge in [0.25, 0.3) is 5.91 Å². The van der Waals surface area contributed by atoms with Crippen LogP contribution in [0.25, 0.3) is 16.9 Å². The summed E-state index contributed by atoms with van der Waals surface area (Å²) in [5, 5.41) is 11.5. The molecule has 0 aliphatic carbocycles. The number of methoxy groups -OCH3 is 1. The van der Waals surface area contributed by atoms with Crippen LogP contribution in [0.15, 0.2) is 67.1 Å². The Balaban J connectivity index is 1.67. The van der Waals surface area contributed by atoms with Crippen LogP contribution in [0.1, 0.15) is 16.8 Å². The number of pyridine rings is 2. The molecule has 0 saturated heterocycles. The van der Waals surface area contributed by atoms with Crippen molar-refractivity contribution in [3.8, 4) is 17.3 Å². The molecule has 9 nitrogen and oxygen atoms in total. The van der Waals surface area contributed by atoms with Gasteiger partial charge in [-0.15, -0.1) is 0 Å². The highest BCUT2D eigenvalue weighted by Crippen LogP contribution is 2.24. The third-order valence-corrected chi connectivity index (χ3v) is 5.06. The highest BCUT2D eigenvalue weighted by molar-refractivity contribution is 6.06. The molecule has 1 aromatic carbocycles. The first-order valence-corrected chi connectivity index (χ1v) is 10.2. The molecule has 0 bridgehead atoms. The highest BCUT2D eigenvalue weighted by atomic mass is 19.1. The molecule has 0 aliphatic rings. The summed E-state index contributed by atoms with van der Waals surface area (Å²) in [6.45, 7) is 0.161. The number of aromatic nitrogens is 3. The average Bonchev–Trinajstić information content (AvgIpc) is 3.29. The Labute approximate surface area is 194 Å². The zero-order valence-corrected chi connectivity index (χ0v) is 18.1. The van der Waals surface area contributed by atoms with Crippen molar-refractivity contribution < 1.29 is 18.7 Å². The van der Waals surface area contributed by atoms with Gasteiger partial charge >= 0.3 is 6.09 Å². The molecule has 4 rings (SSSR count). The van der Waals surface area contributed by atoms with Crippen molar-refractivity contribution >= 4 is 29.2 Å². The van der Waals surface area contributed by atoms with Gasteiger partial charge in [0.15, 0.2) is 0 Å². The third-order valence-electron chi connectivity index (χ3n) is 5.06. The van der Waals surface area contributed by atoms with E-state index in [0.717, 1.165) is 0 Å². The lowest BCUT2D eigenvalue weighted by Crippen LogP contribution is -2.32. The van der Waals surface area contributed by atoms with Crippen LogP contribution in [0.3, 0.4) is 0 Å². The molecule has 3 heterocycles. The molecule has 0 atom stereocenters. The Bertz CT molecular complexity index is 1380. The van der Waals surface area contributed by atoms with E-state index in [-0.39, 0.29) is 18.9 Å². The zero-order chi connectivity index (χ0) is 24.1. The van der Waals surface area contributed by atoms with E-state index in [0.29, 0.717) is 34.0 Å². The Morgan fingerprint density at radius 2 is 1.91 bits per heavy atom. The van der Waals surface area contributed by atoms with Crippen LogP contribution < -0.4 is 10.2 Å². The number of fused-ring (bicyclic) bond motifs is 1. The number of nitrogens with one attached hydrogen (secondary N) is 1. The van der Waals surface area contributed by atoms with Crippen LogP contribution in [-0.2, 0) is 4.74 Å². The molecule has 0 saturated carbocycles. The highest BCUT2D eigenvalue weighted by Gasteiger charge is 2.19. The quantitative estimate of drug-likeness (QED) is 0.462. The van der Waals surface area contributed by atoms with Crippen molar-refractivity contribution in [2.45, 2.75) is 6.42 Å². The summed E-state index contributed by atoms with van der Waals surface area (Å²) in [5.74, 6) is -0.422. The van der Waals surface area contributed by atoms with E-state index in [1.54, 1.807) is 47.3 Å². The Kier molecular flexibility index (Phi) is 6.45. The maximum atomic E-state index is 13.4. The van der Waals surface area contributed by atoms with Gasteiger partial charge in [-0.3, -0.25) is 14.5 Å². The van der Waals surface area contributed by atoms with Crippen LogP contribution in [0, 0.1) is 17.1 Å². The average molecular weight is 458 g/mol. The number of hydrogen-bond acceptors (Lipinski definition) is 6. The number of ether oxygens (including phenoxy) is 1. The van der Waals surface area contributed by atoms with Crippen molar-refractivity contribution in [3.05, 3.63) is 78.5 Å². The fourth-order valence-electron chi connectivity index (χ4n) is 3.38. The number of imidazole rings is 1. The Morgan fingerprint density at radius 1 is 1.12 bits per heavy atom. The van der Waals surface area contributed by atoms with Gasteiger partial charge in [-0.2, -0.15) is 5.26 Å². The molecule has 4 aromatic rings. The topological polar surface area (TPSA) is 113 Å². The lowest BCUT2D eigenvalue weighted by atomic mass is 10.2. The number of amides is 2. The van der Waals surface area contributed by atoms with E-state index >= 15 is 0 Å². The van der Waals surface area contributed by atoms with Crippen molar-refractivity contribution in [2.24, 2.45) is 0 Å². The van der Waals surface area contributed by atoms with Crippen LogP contribution in [-0.4, -0.2) is 40.0 Å². The second-order valence-electron chi connectivity index (χ2n) is 7.18. The summed E-state index contributed by atoms with van der Waals surface area (Å²) < 4.78 is 19.7. The summed E-state index contributed by atoms with van der Waals surface area (Å²) >= 11 is 0. The SMILES string of the molecule is COC(=O)Nc1ccc(-c2cnc3ccc(C(=O)N(CCC#N)c4ccc(F)cc4)cn23)cn1. The minimum atomic E-state index is -0.625. The maximum absolute atomic E-state index is 13.4. The largest absolute Gasteiger partial charge is 0.453 e. The van der Waals surface area contributed by atoms with Gasteiger partial charge in [-0.05, 0) is 48.5 Å². The number of hydrogen-bond donors (Lipinski definition) is 1. The lowest BCUT2D eigenvalue weighted by Gasteiger charge is -2.22. The molecule has 0 spiro atoms. The molecule has 3 aromatic heterocycles. The second kappa shape index (κ2) is 9.79. The normalized spacial score (nSPS) is 10.5. The van der Waals surface area contributed by atoms with Gasteiger partial charge in [-0.1, -0.05) is 0 Å². The van der Waals surface area contributed by atoms with E-state index < -0.39 is 11.9 Å². The molecule has 34 heavy (non-hydrogen) atoms. The molecule has 170 valence electrons. The minimum absolute atomic E-state index is 0.124. The van der Waals surface area contributed by atoms with Gasteiger partial charge in [0.2, 0.25) is 0 Å². The molecule has 0 fully saturated rings. The molecular formula is C24H19FN6O3. The van der Waals surface area contributed by atoms with E-state index in [2.05, 4.69) is 20.0 Å². The summed E-state index contributed by atoms with van der Waals surface area (Å²) in [4.78, 5) is 34.7. The van der Waals surface area contributed by atoms with Gasteiger partial charge in [-0.25, -0.2) is 19.2 Å². The third kappa shape index (κ3) is 4.68. The summed E-state index contributed by atoms with van der Waals surface area (Å²) in [6, 6.07) is 14.3. The maximum Gasteiger partial charge on any atom is 0.412 e. The van der Waals surface area contributed by atoms with Crippen molar-refractivity contribution in [1.82, 2.24) is 14.4 Å². The molecule has 1 N–H and O–H groups in total. The van der Waals surface area contributed by atoms with Crippen LogP contribution in [0.2, 0.25) is 0 Å². The van der Waals surface area contributed by atoms with E-state index in [1.807, 2.05) is 6.07 Å². The fourth-order valence-corrected chi connectivity index (χ4v) is 3.38. The van der Waals surface area contributed by atoms with Gasteiger partial charge in [0.1, 0.15) is 17.3 Å². The van der Waals surface area contributed by atoms with E-state index in [9.17, 15) is 14.0 Å². The smallest absolute Gasteiger partial charge is 0.412 e. The second-order valence-corrected chi connectivity index (χ2v) is 7.18. The number of carbonyl (C=O) groups is 2. The predicted octanol–water partition coefficient (Wildman–Crippen LogP) is 4.27. The number of anilines is 2. The van der Waals surface area contributed by atoms with Gasteiger partial charge in [0, 0.05) is 30.2 Å². The Morgan fingerprint density at radius 3 is 2.59 bits per heavy atom. The first-order valence-electron chi connectivity index (χ1n) is 10.2. The predicted molar refractivity (Wildman–Crippen MR) is 123 cm³/mol. The number of benzene rings is 1. The van der Waals surface area contributed by atoms with Crippen LogP contribution >= 0.6 is 0 Å². The molecular weight excluding hydrogens is 439 g/mol. The first kappa shape index (κ1) is 22.4. The summed E-state index contributed by atoms with van der Waals surface area (Å²) in [7, 11) is 1.26. The Hall–Kier alpha value is -4.78. The van der Waals surface area contributed by atoms with Crippen molar-refractivity contribution in [1.29, 1.82) is 5.26 Å². The molecule has 0 unspecified atom stereocenters. The van der Waals surface area contributed by atoms with Crippen LogP contribution in [0.4, 0.5) is 20.7 Å². The molecule has 0 aliphatic heterocycles. The van der Waals surface area contributed by atoms with Crippen LogP contribution in [0.5, 0.6) is 0 Å². The fraction of sp³-hybridized carbons (Fsp3) is 0.125. The summed E-state index contributed by atoms with van der Waals surface area (Å²) in [5.41, 5.74) is 2.88. The number of nitriles is 1.